The van der Waals surface area contributed by atoms with Crippen LogP contribution in [0.3, 0.4) is 0 Å². The van der Waals surface area contributed by atoms with Gasteiger partial charge in [-0.2, -0.15) is 0 Å². The zero-order valence-corrected chi connectivity index (χ0v) is 14.9. The van der Waals surface area contributed by atoms with E-state index in [1.165, 1.54) is 6.42 Å². The highest BCUT2D eigenvalue weighted by molar-refractivity contribution is 5.77. The Balaban J connectivity index is 1.97. The number of aliphatic hydroxyl groups is 1. The van der Waals surface area contributed by atoms with Crippen molar-refractivity contribution in [2.24, 2.45) is 35.1 Å². The lowest BCUT2D eigenvalue weighted by atomic mass is 9.69. The van der Waals surface area contributed by atoms with E-state index in [1.807, 2.05) is 30.3 Å². The van der Waals surface area contributed by atoms with Gasteiger partial charge < -0.3 is 16.6 Å². The van der Waals surface area contributed by atoms with Gasteiger partial charge in [0.05, 0.1) is 6.10 Å². The predicted molar refractivity (Wildman–Crippen MR) is 97.1 cm³/mol. The van der Waals surface area contributed by atoms with Crippen molar-refractivity contribution in [2.75, 3.05) is 0 Å². The summed E-state index contributed by atoms with van der Waals surface area (Å²) < 4.78 is 0. The maximum Gasteiger partial charge on any atom is 0.220 e. The molecule has 2 rings (SSSR count). The first kappa shape index (κ1) is 18.9. The molecule has 2 unspecified atom stereocenters. The number of hydrogen-bond donors (Lipinski definition) is 3. The first-order chi connectivity index (χ1) is 11.4. The predicted octanol–water partition coefficient (Wildman–Crippen LogP) is 2.48. The number of carbonyl (C=O) groups is 1. The van der Waals surface area contributed by atoms with Crippen molar-refractivity contribution in [1.82, 2.24) is 0 Å². The standard InChI is InChI=1S/C20H32N2O2/c1-13-8-14(2)10-16(9-13)17(20(22)24)12-19(23)18(21)11-15-6-4-3-5-7-15/h3-7,13-14,16-19,23H,8-12,21H2,1-2H3,(H2,22,24)/t13?,14?,16?,17-,18+,19+/m1/s1. The molecular formula is C20H32N2O2. The summed E-state index contributed by atoms with van der Waals surface area (Å²) >= 11 is 0. The third kappa shape index (κ3) is 5.32. The van der Waals surface area contributed by atoms with E-state index in [-0.39, 0.29) is 23.8 Å². The minimum atomic E-state index is -0.713. The maximum absolute atomic E-state index is 12.0. The van der Waals surface area contributed by atoms with Gasteiger partial charge in [-0.15, -0.1) is 0 Å². The van der Waals surface area contributed by atoms with E-state index in [0.29, 0.717) is 24.7 Å². The first-order valence-electron chi connectivity index (χ1n) is 9.13. The third-order valence-electron chi connectivity index (χ3n) is 5.45. The number of primary amides is 1. The van der Waals surface area contributed by atoms with Crippen LogP contribution in [-0.2, 0) is 11.2 Å². The quantitative estimate of drug-likeness (QED) is 0.716. The molecule has 5 atom stereocenters. The molecule has 0 radical (unpaired) electrons. The molecule has 1 amide bonds. The fourth-order valence-electron chi connectivity index (χ4n) is 4.34. The summed E-state index contributed by atoms with van der Waals surface area (Å²) in [7, 11) is 0. The van der Waals surface area contributed by atoms with Crippen LogP contribution < -0.4 is 11.5 Å². The molecule has 24 heavy (non-hydrogen) atoms. The van der Waals surface area contributed by atoms with Crippen LogP contribution in [0.4, 0.5) is 0 Å². The Labute approximate surface area is 145 Å². The molecule has 1 aliphatic rings. The third-order valence-corrected chi connectivity index (χ3v) is 5.45. The number of carbonyl (C=O) groups excluding carboxylic acids is 1. The Kier molecular flexibility index (Phi) is 6.81. The number of rotatable bonds is 7. The monoisotopic (exact) mass is 332 g/mol. The van der Waals surface area contributed by atoms with Crippen LogP contribution in [0.15, 0.2) is 30.3 Å². The average molecular weight is 332 g/mol. The highest BCUT2D eigenvalue weighted by atomic mass is 16.3. The SMILES string of the molecule is CC1CC(C)CC([C@@H](C[C@H](O)[C@@H](N)Cc2ccccc2)C(N)=O)C1. The molecule has 134 valence electrons. The van der Waals surface area contributed by atoms with Gasteiger partial charge in [-0.1, -0.05) is 44.2 Å². The molecular weight excluding hydrogens is 300 g/mol. The molecule has 0 spiro atoms. The van der Waals surface area contributed by atoms with Gasteiger partial charge in [0.1, 0.15) is 0 Å². The number of benzene rings is 1. The van der Waals surface area contributed by atoms with Crippen molar-refractivity contribution in [3.8, 4) is 0 Å². The highest BCUT2D eigenvalue weighted by Gasteiger charge is 2.35. The fraction of sp³-hybridized carbons (Fsp3) is 0.650. The highest BCUT2D eigenvalue weighted by Crippen LogP contribution is 2.38. The molecule has 0 aliphatic heterocycles. The molecule has 0 saturated heterocycles. The van der Waals surface area contributed by atoms with Gasteiger partial charge in [0.25, 0.3) is 0 Å². The van der Waals surface area contributed by atoms with Gasteiger partial charge in [0.2, 0.25) is 5.91 Å². The van der Waals surface area contributed by atoms with Crippen LogP contribution in [0.25, 0.3) is 0 Å². The van der Waals surface area contributed by atoms with Crippen molar-refractivity contribution < 1.29 is 9.90 Å². The Morgan fingerprint density at radius 2 is 1.75 bits per heavy atom. The van der Waals surface area contributed by atoms with Crippen molar-refractivity contribution in [3.05, 3.63) is 35.9 Å². The van der Waals surface area contributed by atoms with E-state index in [4.69, 9.17) is 11.5 Å². The molecule has 1 aliphatic carbocycles. The van der Waals surface area contributed by atoms with Gasteiger partial charge in [-0.3, -0.25) is 4.79 Å². The van der Waals surface area contributed by atoms with Crippen LogP contribution in [0.5, 0.6) is 0 Å². The van der Waals surface area contributed by atoms with Crippen molar-refractivity contribution in [2.45, 2.75) is 58.1 Å². The second-order valence-corrected chi connectivity index (χ2v) is 7.84. The zero-order chi connectivity index (χ0) is 17.7. The van der Waals surface area contributed by atoms with Gasteiger partial charge in [-0.05, 0) is 55.4 Å². The largest absolute Gasteiger partial charge is 0.391 e. The van der Waals surface area contributed by atoms with Gasteiger partial charge in [0.15, 0.2) is 0 Å². The minimum absolute atomic E-state index is 0.264. The number of nitrogens with two attached hydrogens (primary N) is 2. The topological polar surface area (TPSA) is 89.3 Å². The summed E-state index contributed by atoms with van der Waals surface area (Å²) in [5.74, 6) is 0.894. The first-order valence-corrected chi connectivity index (χ1v) is 9.13. The summed E-state index contributed by atoms with van der Waals surface area (Å²) in [6.45, 7) is 4.47. The maximum atomic E-state index is 12.0. The smallest absolute Gasteiger partial charge is 0.220 e. The van der Waals surface area contributed by atoms with Crippen molar-refractivity contribution in [1.29, 1.82) is 0 Å². The van der Waals surface area contributed by atoms with Gasteiger partial charge in [0, 0.05) is 12.0 Å². The van der Waals surface area contributed by atoms with Gasteiger partial charge >= 0.3 is 0 Å². The van der Waals surface area contributed by atoms with Crippen molar-refractivity contribution >= 4 is 5.91 Å². The van der Waals surface area contributed by atoms with Crippen molar-refractivity contribution in [3.63, 3.8) is 0 Å². The Morgan fingerprint density at radius 3 is 2.29 bits per heavy atom. The van der Waals surface area contributed by atoms with Crippen LogP contribution in [0.1, 0.15) is 45.1 Å². The summed E-state index contributed by atoms with van der Waals surface area (Å²) in [5.41, 5.74) is 12.9. The lowest BCUT2D eigenvalue weighted by molar-refractivity contribution is -0.125. The molecule has 1 aromatic rings. The number of aliphatic hydroxyl groups excluding tert-OH is 1. The molecule has 4 heteroatoms. The molecule has 1 aromatic carbocycles. The van der Waals surface area contributed by atoms with Crippen LogP contribution in [-0.4, -0.2) is 23.2 Å². The Morgan fingerprint density at radius 1 is 1.17 bits per heavy atom. The molecule has 0 heterocycles. The Hall–Kier alpha value is -1.39. The summed E-state index contributed by atoms with van der Waals surface area (Å²) in [6, 6.07) is 9.51. The van der Waals surface area contributed by atoms with E-state index in [1.54, 1.807) is 0 Å². The van der Waals surface area contributed by atoms with E-state index < -0.39 is 6.10 Å². The average Bonchev–Trinajstić information content (AvgIpc) is 2.51. The lowest BCUT2D eigenvalue weighted by Gasteiger charge is -2.36. The zero-order valence-electron chi connectivity index (χ0n) is 14.9. The van der Waals surface area contributed by atoms with Gasteiger partial charge in [-0.25, -0.2) is 0 Å². The van der Waals surface area contributed by atoms with Crippen LogP contribution in [0.2, 0.25) is 0 Å². The fourth-order valence-corrected chi connectivity index (χ4v) is 4.34. The van der Waals surface area contributed by atoms with E-state index >= 15 is 0 Å². The Bertz CT molecular complexity index is 510. The molecule has 1 fully saturated rings. The lowest BCUT2D eigenvalue weighted by Crippen LogP contribution is -2.42. The molecule has 0 aromatic heterocycles. The molecule has 5 N–H and O–H groups in total. The second kappa shape index (κ2) is 8.63. The van der Waals surface area contributed by atoms with Crippen LogP contribution in [0, 0.1) is 23.7 Å². The molecule has 0 bridgehead atoms. The summed E-state index contributed by atoms with van der Waals surface area (Å²) in [4.78, 5) is 12.0. The van der Waals surface area contributed by atoms with E-state index in [9.17, 15) is 9.90 Å². The van der Waals surface area contributed by atoms with E-state index in [2.05, 4.69) is 13.8 Å². The summed E-state index contributed by atoms with van der Waals surface area (Å²) in [6.07, 6.45) is 3.49. The minimum Gasteiger partial charge on any atom is -0.391 e. The summed E-state index contributed by atoms with van der Waals surface area (Å²) in [5, 5.41) is 10.5. The molecule has 1 saturated carbocycles. The molecule has 4 nitrogen and oxygen atoms in total. The van der Waals surface area contributed by atoms with E-state index in [0.717, 1.165) is 18.4 Å². The normalized spacial score (nSPS) is 28.1. The second-order valence-electron chi connectivity index (χ2n) is 7.84. The number of hydrogen-bond acceptors (Lipinski definition) is 3. The van der Waals surface area contributed by atoms with Crippen LogP contribution >= 0.6 is 0 Å². The number of amides is 1.